The fourth-order valence-electron chi connectivity index (χ4n) is 3.96. The molecule has 1 aromatic carbocycles. The highest BCUT2D eigenvalue weighted by atomic mass is 79.9. The Kier molecular flexibility index (Phi) is 5.94. The zero-order chi connectivity index (χ0) is 22.0. The van der Waals surface area contributed by atoms with Crippen LogP contribution in [0, 0.1) is 23.7 Å². The van der Waals surface area contributed by atoms with E-state index in [1.165, 1.54) is 4.57 Å². The van der Waals surface area contributed by atoms with Crippen LogP contribution in [0.2, 0.25) is 0 Å². The molecule has 0 saturated carbocycles. The molecule has 1 aliphatic rings. The van der Waals surface area contributed by atoms with Crippen LogP contribution < -0.4 is 10.5 Å². The number of hydrogen-bond donors (Lipinski definition) is 1. The lowest BCUT2D eigenvalue weighted by Crippen LogP contribution is -2.47. The number of aromatic hydroxyl groups is 1. The Morgan fingerprint density at radius 3 is 2.58 bits per heavy atom. The monoisotopic (exact) mass is 477 g/mol. The van der Waals surface area contributed by atoms with Crippen molar-refractivity contribution in [3.63, 3.8) is 0 Å². The number of phenols is 1. The van der Waals surface area contributed by atoms with Crippen molar-refractivity contribution in [3.8, 4) is 24.2 Å². The maximum absolute atomic E-state index is 13.0. The second kappa shape index (κ2) is 8.81. The van der Waals surface area contributed by atoms with Crippen LogP contribution in [0.3, 0.4) is 0 Å². The molecule has 31 heavy (non-hydrogen) atoms. The summed E-state index contributed by atoms with van der Waals surface area (Å²) in [6.45, 7) is 3.42. The van der Waals surface area contributed by atoms with Crippen molar-refractivity contribution in [2.24, 2.45) is 0 Å². The number of fused-ring (bicyclic) bond motifs is 1. The van der Waals surface area contributed by atoms with Gasteiger partial charge in [0.15, 0.2) is 0 Å². The van der Waals surface area contributed by atoms with Gasteiger partial charge in [-0.1, -0.05) is 24.1 Å². The van der Waals surface area contributed by atoms with Crippen molar-refractivity contribution in [2.75, 3.05) is 31.1 Å². The number of hydrogen-bond acceptors (Lipinski definition) is 6. The first-order valence-corrected chi connectivity index (χ1v) is 10.6. The van der Waals surface area contributed by atoms with Crippen LogP contribution in [0.1, 0.15) is 11.1 Å². The van der Waals surface area contributed by atoms with E-state index >= 15 is 0 Å². The standard InChI is InChI=1S/C23H20BrN5O2/c1-2-9-29-18-7-8-20(24)26-21(18)22(17(14-25)23(29)31)28-12-10-27(11-13-28)15-16-5-3-4-6-19(16)30/h1,3-8,30H,9-13,15H2. The lowest BCUT2D eigenvalue weighted by Gasteiger charge is -2.36. The first-order chi connectivity index (χ1) is 15.0. The number of piperazine rings is 1. The maximum Gasteiger partial charge on any atom is 0.272 e. The van der Waals surface area contributed by atoms with Crippen LogP contribution in [0.25, 0.3) is 11.0 Å². The topological polar surface area (TPSA) is 85.4 Å². The van der Waals surface area contributed by atoms with E-state index in [-0.39, 0.29) is 17.9 Å². The highest BCUT2D eigenvalue weighted by Crippen LogP contribution is 2.30. The molecule has 0 unspecified atom stereocenters. The first kappa shape index (κ1) is 20.9. The minimum Gasteiger partial charge on any atom is -0.508 e. The van der Waals surface area contributed by atoms with Gasteiger partial charge < -0.3 is 10.0 Å². The van der Waals surface area contributed by atoms with Crippen LogP contribution in [-0.4, -0.2) is 45.7 Å². The minimum absolute atomic E-state index is 0.0579. The second-order valence-corrected chi connectivity index (χ2v) is 8.14. The van der Waals surface area contributed by atoms with Crippen molar-refractivity contribution in [1.29, 1.82) is 5.26 Å². The number of rotatable bonds is 4. The van der Waals surface area contributed by atoms with E-state index in [2.05, 4.69) is 37.8 Å². The number of benzene rings is 1. The van der Waals surface area contributed by atoms with Crippen LogP contribution in [0.4, 0.5) is 5.69 Å². The Balaban J connectivity index is 1.69. The third kappa shape index (κ3) is 4.00. The number of nitrogens with zero attached hydrogens (tertiary/aromatic N) is 5. The van der Waals surface area contributed by atoms with E-state index in [0.717, 1.165) is 18.7 Å². The molecule has 2 aromatic heterocycles. The molecule has 0 bridgehead atoms. The van der Waals surface area contributed by atoms with Gasteiger partial charge in [0.25, 0.3) is 5.56 Å². The van der Waals surface area contributed by atoms with Crippen molar-refractivity contribution >= 4 is 32.7 Å². The molecule has 0 aliphatic carbocycles. The molecule has 3 aromatic rings. The fourth-order valence-corrected chi connectivity index (χ4v) is 4.27. The molecule has 4 rings (SSSR count). The molecule has 0 radical (unpaired) electrons. The molecule has 1 saturated heterocycles. The lowest BCUT2D eigenvalue weighted by atomic mass is 10.1. The Labute approximate surface area is 188 Å². The predicted molar refractivity (Wildman–Crippen MR) is 123 cm³/mol. The van der Waals surface area contributed by atoms with Crippen molar-refractivity contribution in [3.05, 3.63) is 62.5 Å². The summed E-state index contributed by atoms with van der Waals surface area (Å²) in [4.78, 5) is 21.9. The number of para-hydroxylation sites is 1. The van der Waals surface area contributed by atoms with Gasteiger partial charge in [0.05, 0.1) is 17.7 Å². The normalized spacial score (nSPS) is 14.4. The molecular weight excluding hydrogens is 458 g/mol. The van der Waals surface area contributed by atoms with E-state index in [1.54, 1.807) is 24.3 Å². The summed E-state index contributed by atoms with van der Waals surface area (Å²) in [6.07, 6.45) is 5.46. The smallest absolute Gasteiger partial charge is 0.272 e. The molecule has 3 heterocycles. The van der Waals surface area contributed by atoms with Crippen LogP contribution in [-0.2, 0) is 13.1 Å². The van der Waals surface area contributed by atoms with E-state index in [1.807, 2.05) is 17.0 Å². The Morgan fingerprint density at radius 2 is 1.90 bits per heavy atom. The summed E-state index contributed by atoms with van der Waals surface area (Å²) in [5, 5.41) is 19.9. The molecule has 8 heteroatoms. The summed E-state index contributed by atoms with van der Waals surface area (Å²) in [5.41, 5.74) is 2.28. The molecule has 0 spiro atoms. The molecule has 156 valence electrons. The Hall–Kier alpha value is -3.33. The van der Waals surface area contributed by atoms with Gasteiger partial charge in [0.2, 0.25) is 0 Å². The number of nitriles is 1. The quantitative estimate of drug-likeness (QED) is 0.459. The largest absolute Gasteiger partial charge is 0.508 e. The van der Waals surface area contributed by atoms with Gasteiger partial charge in [-0.15, -0.1) is 6.42 Å². The van der Waals surface area contributed by atoms with Gasteiger partial charge in [0.1, 0.15) is 27.5 Å². The minimum atomic E-state index is -0.399. The van der Waals surface area contributed by atoms with Gasteiger partial charge in [-0.2, -0.15) is 5.26 Å². The summed E-state index contributed by atoms with van der Waals surface area (Å²) >= 11 is 3.40. The van der Waals surface area contributed by atoms with E-state index in [9.17, 15) is 15.2 Å². The van der Waals surface area contributed by atoms with Crippen LogP contribution in [0.5, 0.6) is 5.75 Å². The van der Waals surface area contributed by atoms with E-state index < -0.39 is 5.56 Å². The summed E-state index contributed by atoms with van der Waals surface area (Å²) in [5.74, 6) is 2.77. The Morgan fingerprint density at radius 1 is 1.16 bits per heavy atom. The van der Waals surface area contributed by atoms with Crippen molar-refractivity contribution < 1.29 is 5.11 Å². The van der Waals surface area contributed by atoms with Crippen LogP contribution in [0.15, 0.2) is 45.8 Å². The van der Waals surface area contributed by atoms with Crippen LogP contribution >= 0.6 is 15.9 Å². The summed E-state index contributed by atoms with van der Waals surface area (Å²) < 4.78 is 2.04. The number of phenolic OH excluding ortho intramolecular Hbond substituents is 1. The first-order valence-electron chi connectivity index (χ1n) is 9.84. The highest BCUT2D eigenvalue weighted by molar-refractivity contribution is 9.10. The number of pyridine rings is 2. The molecule has 0 atom stereocenters. The molecule has 7 nitrogen and oxygen atoms in total. The van der Waals surface area contributed by atoms with Gasteiger partial charge in [-0.25, -0.2) is 4.98 Å². The molecule has 1 fully saturated rings. The average Bonchev–Trinajstić information content (AvgIpc) is 2.77. The number of anilines is 1. The average molecular weight is 478 g/mol. The van der Waals surface area contributed by atoms with E-state index in [0.29, 0.717) is 41.0 Å². The highest BCUT2D eigenvalue weighted by Gasteiger charge is 2.26. The summed E-state index contributed by atoms with van der Waals surface area (Å²) in [7, 11) is 0. The summed E-state index contributed by atoms with van der Waals surface area (Å²) in [6, 6.07) is 13.0. The second-order valence-electron chi connectivity index (χ2n) is 7.32. The number of aromatic nitrogens is 2. The SMILES string of the molecule is C#CCn1c(=O)c(C#N)c(N2CCN(Cc3ccccc3O)CC2)c2nc(Br)ccc21. The van der Waals surface area contributed by atoms with Gasteiger partial charge in [-0.3, -0.25) is 14.3 Å². The zero-order valence-electron chi connectivity index (χ0n) is 16.8. The van der Waals surface area contributed by atoms with Gasteiger partial charge in [0, 0.05) is 38.3 Å². The third-order valence-electron chi connectivity index (χ3n) is 5.49. The number of terminal acetylenes is 1. The van der Waals surface area contributed by atoms with Crippen molar-refractivity contribution in [2.45, 2.75) is 13.1 Å². The fraction of sp³-hybridized carbons (Fsp3) is 0.261. The molecule has 1 aliphatic heterocycles. The van der Waals surface area contributed by atoms with Gasteiger partial charge in [-0.05, 0) is 34.1 Å². The number of halogens is 1. The molecular formula is C23H20BrN5O2. The lowest BCUT2D eigenvalue weighted by molar-refractivity contribution is 0.247. The Bertz CT molecular complexity index is 1280. The maximum atomic E-state index is 13.0. The van der Waals surface area contributed by atoms with Crippen molar-refractivity contribution in [1.82, 2.24) is 14.5 Å². The zero-order valence-corrected chi connectivity index (χ0v) is 18.3. The molecule has 1 N–H and O–H groups in total. The third-order valence-corrected chi connectivity index (χ3v) is 5.93. The van der Waals surface area contributed by atoms with Gasteiger partial charge >= 0.3 is 0 Å². The predicted octanol–water partition coefficient (Wildman–Crippen LogP) is 2.69. The van der Waals surface area contributed by atoms with E-state index in [4.69, 9.17) is 6.42 Å². The molecule has 0 amide bonds.